The number of benzene rings is 1. The van der Waals surface area contributed by atoms with Crippen LogP contribution < -0.4 is 10.3 Å². The molecule has 5 nitrogen and oxygen atoms in total. The highest BCUT2D eigenvalue weighted by molar-refractivity contribution is 6.03. The van der Waals surface area contributed by atoms with Gasteiger partial charge in [0.05, 0.1) is 17.2 Å². The summed E-state index contributed by atoms with van der Waals surface area (Å²) < 4.78 is 0. The van der Waals surface area contributed by atoms with E-state index in [9.17, 15) is 0 Å². The molecule has 1 aromatic carbocycles. The van der Waals surface area contributed by atoms with E-state index >= 15 is 0 Å². The van der Waals surface area contributed by atoms with E-state index in [1.165, 1.54) is 0 Å². The van der Waals surface area contributed by atoms with Crippen molar-refractivity contribution in [2.75, 3.05) is 31.2 Å². The van der Waals surface area contributed by atoms with Crippen molar-refractivity contribution in [3.63, 3.8) is 0 Å². The van der Waals surface area contributed by atoms with Crippen LogP contribution in [0.15, 0.2) is 36.7 Å². The summed E-state index contributed by atoms with van der Waals surface area (Å²) in [4.78, 5) is 6.50. The Morgan fingerprint density at radius 3 is 2.89 bits per heavy atom. The number of nitrogens with zero attached hydrogens (tertiary/aromatic N) is 4. The molecule has 4 rings (SSSR count). The van der Waals surface area contributed by atoms with Gasteiger partial charge in [-0.05, 0) is 12.1 Å². The third-order valence-corrected chi connectivity index (χ3v) is 3.66. The van der Waals surface area contributed by atoms with E-state index in [2.05, 4.69) is 38.6 Å². The Balaban J connectivity index is 1.91. The molecule has 96 valence electrons. The molecule has 3 heterocycles. The monoisotopic (exact) mass is 253 g/mol. The number of nitrogens with one attached hydrogen (secondary N) is 1. The van der Waals surface area contributed by atoms with E-state index in [4.69, 9.17) is 0 Å². The lowest BCUT2D eigenvalue weighted by atomic mass is 10.1. The van der Waals surface area contributed by atoms with Gasteiger partial charge in [-0.3, -0.25) is 9.99 Å². The molecule has 1 N–H and O–H groups in total. The first kappa shape index (κ1) is 10.8. The van der Waals surface area contributed by atoms with Gasteiger partial charge < -0.3 is 5.32 Å². The molecule has 19 heavy (non-hydrogen) atoms. The molecule has 1 aliphatic heterocycles. The van der Waals surface area contributed by atoms with Crippen LogP contribution in [0.2, 0.25) is 0 Å². The largest absolute Gasteiger partial charge is 0.313 e. The molecule has 0 saturated carbocycles. The maximum Gasteiger partial charge on any atom is 0.0942 e. The van der Waals surface area contributed by atoms with Crippen molar-refractivity contribution in [2.45, 2.75) is 0 Å². The number of piperazine rings is 1. The molecule has 1 aliphatic rings. The van der Waals surface area contributed by atoms with E-state index < -0.39 is 0 Å². The Bertz CT molecular complexity index is 727. The van der Waals surface area contributed by atoms with Crippen LogP contribution in [0.1, 0.15) is 0 Å². The Morgan fingerprint density at radius 2 is 2.00 bits per heavy atom. The van der Waals surface area contributed by atoms with Crippen molar-refractivity contribution in [1.29, 1.82) is 0 Å². The van der Waals surface area contributed by atoms with E-state index in [1.807, 2.05) is 23.3 Å². The van der Waals surface area contributed by atoms with E-state index in [1.54, 1.807) is 0 Å². The quantitative estimate of drug-likeness (QED) is 0.706. The topological polar surface area (TPSA) is 46.0 Å². The highest BCUT2D eigenvalue weighted by atomic mass is 15.7. The zero-order chi connectivity index (χ0) is 12.7. The van der Waals surface area contributed by atoms with Crippen molar-refractivity contribution < 1.29 is 0 Å². The zero-order valence-corrected chi connectivity index (χ0v) is 10.6. The molecule has 0 bridgehead atoms. The fourth-order valence-electron chi connectivity index (χ4n) is 2.70. The van der Waals surface area contributed by atoms with Crippen molar-refractivity contribution in [2.24, 2.45) is 0 Å². The molecule has 0 radical (unpaired) electrons. The molecule has 1 saturated heterocycles. The molecule has 0 unspecified atom stereocenters. The summed E-state index contributed by atoms with van der Waals surface area (Å²) in [5, 5.41) is 12.5. The minimum absolute atomic E-state index is 0.983. The third-order valence-electron chi connectivity index (χ3n) is 3.66. The summed E-state index contributed by atoms with van der Waals surface area (Å²) in [6.07, 6.45) is 3.76. The number of pyridine rings is 1. The Morgan fingerprint density at radius 1 is 1.11 bits per heavy atom. The standard InChI is InChI=1S/C14H15N5/c1-2-11-3-4-13-12(14(11)16-5-1)10-17-19(13)18-8-6-15-7-9-18/h1-5,10,15H,6-9H2. The SMILES string of the molecule is c1cnc2c(c1)ccc1c2cnn1N1CCNCC1. The Kier molecular flexibility index (Phi) is 2.38. The van der Waals surface area contributed by atoms with Gasteiger partial charge in [0.2, 0.25) is 0 Å². The summed E-state index contributed by atoms with van der Waals surface area (Å²) in [6, 6.07) is 8.30. The van der Waals surface area contributed by atoms with Gasteiger partial charge in [0, 0.05) is 43.1 Å². The first-order chi connectivity index (χ1) is 9.43. The van der Waals surface area contributed by atoms with Crippen molar-refractivity contribution in [1.82, 2.24) is 20.2 Å². The number of hydrogen-bond acceptors (Lipinski definition) is 4. The minimum Gasteiger partial charge on any atom is -0.313 e. The van der Waals surface area contributed by atoms with Gasteiger partial charge in [0.1, 0.15) is 0 Å². The fraction of sp³-hybridized carbons (Fsp3) is 0.286. The molecule has 2 aromatic heterocycles. The van der Waals surface area contributed by atoms with E-state index in [-0.39, 0.29) is 0 Å². The Labute approximate surface area is 110 Å². The third kappa shape index (κ3) is 1.66. The van der Waals surface area contributed by atoms with Crippen LogP contribution >= 0.6 is 0 Å². The zero-order valence-electron chi connectivity index (χ0n) is 10.6. The maximum atomic E-state index is 4.54. The van der Waals surface area contributed by atoms with Crippen molar-refractivity contribution in [3.05, 3.63) is 36.7 Å². The minimum atomic E-state index is 0.983. The molecule has 0 amide bonds. The molecule has 1 fully saturated rings. The summed E-state index contributed by atoms with van der Waals surface area (Å²) in [5.41, 5.74) is 2.16. The van der Waals surface area contributed by atoms with E-state index in [0.29, 0.717) is 0 Å². The predicted molar refractivity (Wildman–Crippen MR) is 75.9 cm³/mol. The summed E-state index contributed by atoms with van der Waals surface area (Å²) >= 11 is 0. The first-order valence-electron chi connectivity index (χ1n) is 6.61. The first-order valence-corrected chi connectivity index (χ1v) is 6.61. The lowest BCUT2D eigenvalue weighted by Gasteiger charge is -2.29. The van der Waals surface area contributed by atoms with Gasteiger partial charge in [0.15, 0.2) is 0 Å². The number of aromatic nitrogens is 3. The predicted octanol–water partition coefficient (Wildman–Crippen LogP) is 1.13. The molecule has 5 heteroatoms. The molecule has 0 aliphatic carbocycles. The molecule has 3 aromatic rings. The second-order valence-corrected chi connectivity index (χ2v) is 4.81. The summed E-state index contributed by atoms with van der Waals surface area (Å²) in [5.74, 6) is 0. The Hall–Kier alpha value is -2.14. The normalized spacial score (nSPS) is 16.3. The van der Waals surface area contributed by atoms with Crippen LogP contribution in [0.4, 0.5) is 0 Å². The van der Waals surface area contributed by atoms with Gasteiger partial charge >= 0.3 is 0 Å². The van der Waals surface area contributed by atoms with Crippen LogP contribution in [0.25, 0.3) is 21.8 Å². The highest BCUT2D eigenvalue weighted by Crippen LogP contribution is 2.23. The van der Waals surface area contributed by atoms with Crippen LogP contribution in [0, 0.1) is 0 Å². The van der Waals surface area contributed by atoms with Gasteiger partial charge in [-0.15, -0.1) is 0 Å². The van der Waals surface area contributed by atoms with Crippen LogP contribution in [0.5, 0.6) is 0 Å². The van der Waals surface area contributed by atoms with Crippen molar-refractivity contribution in [3.8, 4) is 0 Å². The molecular formula is C14H15N5. The van der Waals surface area contributed by atoms with Crippen molar-refractivity contribution >= 4 is 21.8 Å². The second-order valence-electron chi connectivity index (χ2n) is 4.81. The van der Waals surface area contributed by atoms with Crippen LogP contribution in [-0.4, -0.2) is 41.1 Å². The fourth-order valence-corrected chi connectivity index (χ4v) is 2.70. The highest BCUT2D eigenvalue weighted by Gasteiger charge is 2.14. The number of hydrogen-bond donors (Lipinski definition) is 1. The van der Waals surface area contributed by atoms with Gasteiger partial charge in [0.25, 0.3) is 0 Å². The molecule has 0 spiro atoms. The summed E-state index contributed by atoms with van der Waals surface area (Å²) in [6.45, 7) is 3.98. The summed E-state index contributed by atoms with van der Waals surface area (Å²) in [7, 11) is 0. The molecule has 0 atom stereocenters. The lowest BCUT2D eigenvalue weighted by molar-refractivity contribution is 0.470. The van der Waals surface area contributed by atoms with Crippen LogP contribution in [0.3, 0.4) is 0 Å². The average Bonchev–Trinajstić information content (AvgIpc) is 2.92. The van der Waals surface area contributed by atoms with Gasteiger partial charge in [-0.2, -0.15) is 9.89 Å². The maximum absolute atomic E-state index is 4.54. The average molecular weight is 253 g/mol. The number of rotatable bonds is 1. The van der Waals surface area contributed by atoms with E-state index in [0.717, 1.165) is 48.0 Å². The lowest BCUT2D eigenvalue weighted by Crippen LogP contribution is -2.49. The van der Waals surface area contributed by atoms with Crippen LogP contribution in [-0.2, 0) is 0 Å². The molecular weight excluding hydrogens is 238 g/mol. The second kappa shape index (κ2) is 4.20. The number of fused-ring (bicyclic) bond motifs is 3. The van der Waals surface area contributed by atoms with Gasteiger partial charge in [-0.25, -0.2) is 0 Å². The van der Waals surface area contributed by atoms with Gasteiger partial charge in [-0.1, -0.05) is 12.1 Å². The smallest absolute Gasteiger partial charge is 0.0942 e.